The minimum atomic E-state index is -0.663. The van der Waals surface area contributed by atoms with Crippen LogP contribution in [0.15, 0.2) is 24.3 Å². The number of esters is 1. The monoisotopic (exact) mass is 1240 g/mol. The Morgan fingerprint density at radius 1 is 0.307 bits per heavy atom. The van der Waals surface area contributed by atoms with Crippen LogP contribution in [0.25, 0.3) is 0 Å². The Morgan fingerprint density at radius 2 is 0.534 bits per heavy atom. The summed E-state index contributed by atoms with van der Waals surface area (Å²) in [4.78, 5) is 24.6. The summed E-state index contributed by atoms with van der Waals surface area (Å²) in [5.74, 6) is -0.0127. The molecule has 0 aromatic carbocycles. The Bertz CT molecular complexity index is 1380. The molecule has 88 heavy (non-hydrogen) atoms. The summed E-state index contributed by atoms with van der Waals surface area (Å²) in [6.07, 6.45) is 99.9. The van der Waals surface area contributed by atoms with E-state index >= 15 is 0 Å². The lowest BCUT2D eigenvalue weighted by atomic mass is 10.0. The Kier molecular flexibility index (Phi) is 76.3. The summed E-state index contributed by atoms with van der Waals surface area (Å²) < 4.78 is 5.50. The normalized spacial score (nSPS) is 12.5. The van der Waals surface area contributed by atoms with Crippen molar-refractivity contribution < 1.29 is 24.5 Å². The van der Waals surface area contributed by atoms with Crippen molar-refractivity contribution in [3.8, 4) is 0 Å². The first kappa shape index (κ1) is 86.3. The highest BCUT2D eigenvalue weighted by molar-refractivity contribution is 5.76. The highest BCUT2D eigenvalue weighted by atomic mass is 16.5. The van der Waals surface area contributed by atoms with E-state index in [1.54, 1.807) is 0 Å². The molecular weight excluding hydrogens is 1080 g/mol. The number of rotatable bonds is 77. The molecule has 522 valence electrons. The molecule has 1 amide bonds. The van der Waals surface area contributed by atoms with Gasteiger partial charge in [0.15, 0.2) is 0 Å². The van der Waals surface area contributed by atoms with Crippen LogP contribution in [0.4, 0.5) is 0 Å². The van der Waals surface area contributed by atoms with Gasteiger partial charge in [0.25, 0.3) is 0 Å². The Labute approximate surface area is 551 Å². The molecule has 0 fully saturated rings. The molecule has 0 saturated carbocycles. The van der Waals surface area contributed by atoms with Crippen LogP contribution in [0.2, 0.25) is 0 Å². The molecule has 0 aromatic rings. The van der Waals surface area contributed by atoms with Crippen LogP contribution in [-0.2, 0) is 14.3 Å². The van der Waals surface area contributed by atoms with Crippen molar-refractivity contribution in [2.24, 2.45) is 0 Å². The second-order valence-corrected chi connectivity index (χ2v) is 28.1. The van der Waals surface area contributed by atoms with Gasteiger partial charge in [0, 0.05) is 12.8 Å². The Hall–Kier alpha value is -1.66. The quantitative estimate of drug-likeness (QED) is 0.0320. The third-order valence-electron chi connectivity index (χ3n) is 19.2. The molecule has 2 atom stereocenters. The van der Waals surface area contributed by atoms with Crippen molar-refractivity contribution in [1.29, 1.82) is 0 Å². The van der Waals surface area contributed by atoms with Gasteiger partial charge in [0.1, 0.15) is 0 Å². The number of aliphatic hydroxyl groups is 2. The maximum atomic E-state index is 12.6. The van der Waals surface area contributed by atoms with Gasteiger partial charge in [0.05, 0.1) is 25.4 Å². The number of carbonyl (C=O) groups is 2. The van der Waals surface area contributed by atoms with Gasteiger partial charge in [-0.1, -0.05) is 398 Å². The molecule has 0 aromatic heterocycles. The molecular formula is C82H159NO5. The van der Waals surface area contributed by atoms with Crippen molar-refractivity contribution in [1.82, 2.24) is 5.32 Å². The van der Waals surface area contributed by atoms with E-state index in [9.17, 15) is 19.8 Å². The number of nitrogens with one attached hydrogen (secondary N) is 1. The molecule has 0 heterocycles. The van der Waals surface area contributed by atoms with E-state index in [4.69, 9.17) is 4.74 Å². The minimum absolute atomic E-state index is 0.0133. The summed E-state index contributed by atoms with van der Waals surface area (Å²) in [6.45, 7) is 5.00. The molecule has 0 spiro atoms. The predicted molar refractivity (Wildman–Crippen MR) is 389 cm³/mol. The van der Waals surface area contributed by atoms with Crippen LogP contribution in [0, 0.1) is 0 Å². The van der Waals surface area contributed by atoms with Gasteiger partial charge in [-0.25, -0.2) is 0 Å². The minimum Gasteiger partial charge on any atom is -0.466 e. The van der Waals surface area contributed by atoms with Gasteiger partial charge in [-0.3, -0.25) is 9.59 Å². The van der Waals surface area contributed by atoms with E-state index < -0.39 is 12.1 Å². The van der Waals surface area contributed by atoms with Gasteiger partial charge < -0.3 is 20.3 Å². The summed E-state index contributed by atoms with van der Waals surface area (Å²) in [7, 11) is 0. The topological polar surface area (TPSA) is 95.9 Å². The summed E-state index contributed by atoms with van der Waals surface area (Å²) in [5.41, 5.74) is 0. The SMILES string of the molecule is CCCCCCCC/C=C\CCCCCCCC(=O)OCCCCCCCCCCCCCCCC/C=C\CCCCCCCCCCCCCCCCCCCC(=O)NC(CO)C(O)CCCCCCCCCCCCCCCCCCCCCCC. The van der Waals surface area contributed by atoms with Crippen molar-refractivity contribution in [3.05, 3.63) is 24.3 Å². The number of hydrogen-bond donors (Lipinski definition) is 3. The first-order chi connectivity index (χ1) is 43.5. The first-order valence-electron chi connectivity index (χ1n) is 40.6. The average molecular weight is 1240 g/mol. The fourth-order valence-corrected chi connectivity index (χ4v) is 13.0. The lowest BCUT2D eigenvalue weighted by Gasteiger charge is -2.22. The number of amides is 1. The van der Waals surface area contributed by atoms with E-state index in [2.05, 4.69) is 43.5 Å². The summed E-state index contributed by atoms with van der Waals surface area (Å²) in [6, 6.07) is -0.540. The van der Waals surface area contributed by atoms with Crippen LogP contribution in [0.1, 0.15) is 463 Å². The molecule has 0 aliphatic rings. The molecule has 6 nitrogen and oxygen atoms in total. The zero-order valence-electron chi connectivity index (χ0n) is 60.0. The molecule has 3 N–H and O–H groups in total. The van der Waals surface area contributed by atoms with E-state index in [0.717, 1.165) is 44.9 Å². The Balaban J connectivity index is 3.34. The van der Waals surface area contributed by atoms with Gasteiger partial charge in [-0.15, -0.1) is 0 Å². The van der Waals surface area contributed by atoms with Gasteiger partial charge in [0.2, 0.25) is 5.91 Å². The fourth-order valence-electron chi connectivity index (χ4n) is 13.0. The van der Waals surface area contributed by atoms with Crippen molar-refractivity contribution in [2.75, 3.05) is 13.2 Å². The number of unbranched alkanes of at least 4 members (excludes halogenated alkanes) is 62. The second kappa shape index (κ2) is 77.8. The molecule has 6 heteroatoms. The third-order valence-corrected chi connectivity index (χ3v) is 19.2. The molecule has 0 radical (unpaired) electrons. The zero-order chi connectivity index (χ0) is 63.5. The van der Waals surface area contributed by atoms with Gasteiger partial charge in [-0.05, 0) is 77.0 Å². The number of ether oxygens (including phenoxy) is 1. The van der Waals surface area contributed by atoms with Crippen LogP contribution in [0.3, 0.4) is 0 Å². The van der Waals surface area contributed by atoms with E-state index in [1.807, 2.05) is 0 Å². The predicted octanol–water partition coefficient (Wildman–Crippen LogP) is 26.8. The third kappa shape index (κ3) is 73.4. The van der Waals surface area contributed by atoms with Crippen LogP contribution < -0.4 is 5.32 Å². The largest absolute Gasteiger partial charge is 0.466 e. The van der Waals surface area contributed by atoms with Crippen molar-refractivity contribution in [3.63, 3.8) is 0 Å². The lowest BCUT2D eigenvalue weighted by Crippen LogP contribution is -2.45. The van der Waals surface area contributed by atoms with E-state index in [1.165, 1.54) is 385 Å². The highest BCUT2D eigenvalue weighted by Gasteiger charge is 2.20. The highest BCUT2D eigenvalue weighted by Crippen LogP contribution is 2.20. The standard InChI is InChI=1S/C82H159NO5/c1-3-5-7-9-11-13-15-17-19-20-21-37-40-43-47-50-54-58-62-66-70-74-80(85)79(78-84)83-81(86)75-71-67-63-59-55-51-48-44-41-38-35-33-31-29-27-25-23-22-24-26-28-30-32-34-36-39-42-45-49-53-57-61-65-69-73-77-88-82(87)76-72-68-64-60-56-52-46-18-16-14-12-10-8-6-4-2/h18,24,26,46,79-80,84-85H,3-17,19-23,25,27-45,47-78H2,1-2H3,(H,83,86)/b26-24-,46-18-. The second-order valence-electron chi connectivity index (χ2n) is 28.1. The molecule has 0 aliphatic carbocycles. The van der Waals surface area contributed by atoms with Crippen molar-refractivity contribution >= 4 is 11.9 Å². The molecule has 0 rings (SSSR count). The number of carbonyl (C=O) groups excluding carboxylic acids is 2. The van der Waals surface area contributed by atoms with E-state index in [0.29, 0.717) is 25.9 Å². The molecule has 0 saturated heterocycles. The number of hydrogen-bond acceptors (Lipinski definition) is 5. The first-order valence-corrected chi connectivity index (χ1v) is 40.6. The van der Waals surface area contributed by atoms with Crippen LogP contribution in [-0.4, -0.2) is 47.4 Å². The summed E-state index contributed by atoms with van der Waals surface area (Å²) >= 11 is 0. The van der Waals surface area contributed by atoms with E-state index in [-0.39, 0.29) is 18.5 Å². The molecule has 2 unspecified atom stereocenters. The maximum absolute atomic E-state index is 12.6. The maximum Gasteiger partial charge on any atom is 0.305 e. The molecule has 0 bridgehead atoms. The Morgan fingerprint density at radius 3 is 0.807 bits per heavy atom. The van der Waals surface area contributed by atoms with Crippen molar-refractivity contribution in [2.45, 2.75) is 475 Å². The fraction of sp³-hybridized carbons (Fsp3) is 0.927. The average Bonchev–Trinajstić information content (AvgIpc) is 3.58. The molecule has 0 aliphatic heterocycles. The zero-order valence-corrected chi connectivity index (χ0v) is 60.0. The smallest absolute Gasteiger partial charge is 0.305 e. The van der Waals surface area contributed by atoms with Gasteiger partial charge >= 0.3 is 5.97 Å². The summed E-state index contributed by atoms with van der Waals surface area (Å²) in [5, 5.41) is 23.5. The van der Waals surface area contributed by atoms with Crippen LogP contribution in [0.5, 0.6) is 0 Å². The number of allylic oxidation sites excluding steroid dienone is 4. The van der Waals surface area contributed by atoms with Crippen LogP contribution >= 0.6 is 0 Å². The number of aliphatic hydroxyl groups excluding tert-OH is 2. The van der Waals surface area contributed by atoms with Gasteiger partial charge in [-0.2, -0.15) is 0 Å². The lowest BCUT2D eigenvalue weighted by molar-refractivity contribution is -0.143.